The summed E-state index contributed by atoms with van der Waals surface area (Å²) in [4.78, 5) is 28.9. The molecule has 1 amide bonds. The maximum Gasteiger partial charge on any atom is 0.340 e. The van der Waals surface area contributed by atoms with Gasteiger partial charge in [0.2, 0.25) is 0 Å². The van der Waals surface area contributed by atoms with Crippen molar-refractivity contribution in [3.05, 3.63) is 71.7 Å². The summed E-state index contributed by atoms with van der Waals surface area (Å²) in [5, 5.41) is 12.2. The third-order valence-electron chi connectivity index (χ3n) is 5.31. The molecule has 1 N–H and O–H groups in total. The van der Waals surface area contributed by atoms with Gasteiger partial charge in [0.15, 0.2) is 0 Å². The van der Waals surface area contributed by atoms with Crippen LogP contribution in [-0.4, -0.2) is 49.6 Å². The molecule has 0 atom stereocenters. The number of carbonyl (C=O) groups excluding carboxylic acids is 2. The van der Waals surface area contributed by atoms with Crippen molar-refractivity contribution < 1.29 is 18.7 Å². The number of piperazine rings is 1. The van der Waals surface area contributed by atoms with E-state index in [1.807, 2.05) is 22.8 Å². The predicted octanol–water partition coefficient (Wildman–Crippen LogP) is 3.95. The van der Waals surface area contributed by atoms with Crippen molar-refractivity contribution in [2.45, 2.75) is 19.8 Å². The van der Waals surface area contributed by atoms with E-state index in [9.17, 15) is 19.2 Å². The van der Waals surface area contributed by atoms with Gasteiger partial charge < -0.3 is 19.9 Å². The maximum atomic E-state index is 14.0. The molecular weight excluding hydrogens is 423 g/mol. The molecule has 33 heavy (non-hydrogen) atoms. The molecule has 0 saturated carbocycles. The molecule has 2 aromatic rings. The Morgan fingerprint density at radius 2 is 1.82 bits per heavy atom. The van der Waals surface area contributed by atoms with Crippen LogP contribution < -0.4 is 10.2 Å². The van der Waals surface area contributed by atoms with Crippen molar-refractivity contribution in [2.75, 3.05) is 43.0 Å². The molecule has 8 heteroatoms. The highest BCUT2D eigenvalue weighted by Gasteiger charge is 2.20. The Balaban J connectivity index is 1.64. The lowest BCUT2D eigenvalue weighted by atomic mass is 10.1. The van der Waals surface area contributed by atoms with Crippen LogP contribution in [0.25, 0.3) is 0 Å². The molecule has 1 heterocycles. The Morgan fingerprint density at radius 1 is 1.12 bits per heavy atom. The summed E-state index contributed by atoms with van der Waals surface area (Å²) in [7, 11) is 0. The predicted molar refractivity (Wildman–Crippen MR) is 124 cm³/mol. The zero-order valence-corrected chi connectivity index (χ0v) is 18.6. The van der Waals surface area contributed by atoms with Crippen LogP contribution >= 0.6 is 0 Å². The number of rotatable bonds is 8. The number of para-hydroxylation sites is 2. The number of hydrogen-bond acceptors (Lipinski definition) is 6. The minimum Gasteiger partial charge on any atom is -0.462 e. The number of halogens is 1. The number of carbonyl (C=O) groups is 2. The number of esters is 1. The van der Waals surface area contributed by atoms with Gasteiger partial charge in [0.1, 0.15) is 17.5 Å². The van der Waals surface area contributed by atoms with E-state index in [2.05, 4.69) is 5.32 Å². The van der Waals surface area contributed by atoms with Gasteiger partial charge in [-0.2, -0.15) is 5.26 Å². The van der Waals surface area contributed by atoms with E-state index in [0.717, 1.165) is 12.8 Å². The maximum absolute atomic E-state index is 14.0. The van der Waals surface area contributed by atoms with Gasteiger partial charge in [-0.25, -0.2) is 9.18 Å². The van der Waals surface area contributed by atoms with Crippen molar-refractivity contribution in [3.8, 4) is 6.07 Å². The SMILES string of the molecule is CCCCOC(=O)c1ccccc1NC(=O)/C(C#N)=C\N1CCN(c2ccccc2F)CC1. The van der Waals surface area contributed by atoms with E-state index in [4.69, 9.17) is 4.74 Å². The van der Waals surface area contributed by atoms with Gasteiger partial charge in [0.25, 0.3) is 5.91 Å². The van der Waals surface area contributed by atoms with Gasteiger partial charge >= 0.3 is 5.97 Å². The highest BCUT2D eigenvalue weighted by molar-refractivity contribution is 6.09. The van der Waals surface area contributed by atoms with Gasteiger partial charge in [-0.3, -0.25) is 4.79 Å². The zero-order valence-electron chi connectivity index (χ0n) is 18.6. The minimum absolute atomic E-state index is 0.0801. The summed E-state index contributed by atoms with van der Waals surface area (Å²) in [5.41, 5.74) is 0.984. The number of benzene rings is 2. The lowest BCUT2D eigenvalue weighted by Crippen LogP contribution is -2.44. The molecule has 1 fully saturated rings. The molecule has 2 aromatic carbocycles. The van der Waals surface area contributed by atoms with Crippen LogP contribution in [0.2, 0.25) is 0 Å². The molecule has 3 rings (SSSR count). The average molecular weight is 451 g/mol. The second kappa shape index (κ2) is 11.7. The average Bonchev–Trinajstić information content (AvgIpc) is 2.83. The third-order valence-corrected chi connectivity index (χ3v) is 5.31. The minimum atomic E-state index is -0.608. The van der Waals surface area contributed by atoms with Crippen molar-refractivity contribution in [1.82, 2.24) is 4.90 Å². The second-order valence-electron chi connectivity index (χ2n) is 7.62. The topological polar surface area (TPSA) is 85.7 Å². The van der Waals surface area contributed by atoms with E-state index in [-0.39, 0.29) is 22.6 Å². The normalized spacial score (nSPS) is 13.9. The molecule has 1 aliphatic heterocycles. The fraction of sp³-hybridized carbons (Fsp3) is 0.320. The molecule has 0 aliphatic carbocycles. The molecule has 0 unspecified atom stereocenters. The Kier molecular flexibility index (Phi) is 8.42. The number of nitrogens with one attached hydrogen (secondary N) is 1. The molecular formula is C25H27FN4O3. The number of nitriles is 1. The highest BCUT2D eigenvalue weighted by atomic mass is 19.1. The van der Waals surface area contributed by atoms with Crippen LogP contribution in [0.15, 0.2) is 60.3 Å². The molecule has 172 valence electrons. The summed E-state index contributed by atoms with van der Waals surface area (Å²) in [5.74, 6) is -1.40. The van der Waals surface area contributed by atoms with Gasteiger partial charge in [-0.05, 0) is 30.7 Å². The number of nitrogens with zero attached hydrogens (tertiary/aromatic N) is 3. The number of unbranched alkanes of at least 4 members (excludes halogenated alkanes) is 1. The summed E-state index contributed by atoms with van der Waals surface area (Å²) in [6.07, 6.45) is 3.17. The summed E-state index contributed by atoms with van der Waals surface area (Å²) in [6, 6.07) is 15.1. The second-order valence-corrected chi connectivity index (χ2v) is 7.62. The van der Waals surface area contributed by atoms with Crippen LogP contribution in [0.3, 0.4) is 0 Å². The number of ether oxygens (including phenoxy) is 1. The third kappa shape index (κ3) is 6.32. The lowest BCUT2D eigenvalue weighted by Gasteiger charge is -2.35. The van der Waals surface area contributed by atoms with Crippen molar-refractivity contribution in [2.24, 2.45) is 0 Å². The summed E-state index contributed by atoms with van der Waals surface area (Å²) >= 11 is 0. The monoisotopic (exact) mass is 450 g/mol. The lowest BCUT2D eigenvalue weighted by molar-refractivity contribution is -0.112. The van der Waals surface area contributed by atoms with E-state index in [1.165, 1.54) is 12.3 Å². The number of amides is 1. The molecule has 1 saturated heterocycles. The van der Waals surface area contributed by atoms with Crippen molar-refractivity contribution in [1.29, 1.82) is 5.26 Å². The highest BCUT2D eigenvalue weighted by Crippen LogP contribution is 2.21. The Labute approximate surface area is 193 Å². The van der Waals surface area contributed by atoms with Gasteiger partial charge in [-0.15, -0.1) is 0 Å². The summed E-state index contributed by atoms with van der Waals surface area (Å²) in [6.45, 7) is 4.49. The van der Waals surface area contributed by atoms with Crippen molar-refractivity contribution in [3.63, 3.8) is 0 Å². The van der Waals surface area contributed by atoms with E-state index < -0.39 is 11.9 Å². The largest absolute Gasteiger partial charge is 0.462 e. The number of anilines is 2. The Morgan fingerprint density at radius 3 is 2.52 bits per heavy atom. The molecule has 0 aromatic heterocycles. The molecule has 0 radical (unpaired) electrons. The van der Waals surface area contributed by atoms with Crippen LogP contribution in [0.5, 0.6) is 0 Å². The molecule has 0 bridgehead atoms. The van der Waals surface area contributed by atoms with Crippen LogP contribution in [0, 0.1) is 17.1 Å². The first-order valence-electron chi connectivity index (χ1n) is 11.0. The number of hydrogen-bond donors (Lipinski definition) is 1. The zero-order chi connectivity index (χ0) is 23.6. The van der Waals surface area contributed by atoms with Gasteiger partial charge in [0.05, 0.1) is 23.5 Å². The van der Waals surface area contributed by atoms with Gasteiger partial charge in [0, 0.05) is 32.4 Å². The first-order chi connectivity index (χ1) is 16.0. The van der Waals surface area contributed by atoms with Crippen LogP contribution in [-0.2, 0) is 9.53 Å². The van der Waals surface area contributed by atoms with E-state index in [0.29, 0.717) is 38.5 Å². The summed E-state index contributed by atoms with van der Waals surface area (Å²) < 4.78 is 19.3. The van der Waals surface area contributed by atoms with Crippen molar-refractivity contribution >= 4 is 23.3 Å². The fourth-order valence-electron chi connectivity index (χ4n) is 3.47. The molecule has 0 spiro atoms. The quantitative estimate of drug-likeness (QED) is 0.284. The van der Waals surface area contributed by atoms with Crippen LogP contribution in [0.4, 0.5) is 15.8 Å². The van der Waals surface area contributed by atoms with Gasteiger partial charge in [-0.1, -0.05) is 37.6 Å². The molecule has 7 nitrogen and oxygen atoms in total. The fourth-order valence-corrected chi connectivity index (χ4v) is 3.47. The van der Waals surface area contributed by atoms with Crippen LogP contribution in [0.1, 0.15) is 30.1 Å². The first-order valence-corrected chi connectivity index (χ1v) is 11.0. The Bertz CT molecular complexity index is 1060. The van der Waals surface area contributed by atoms with E-state index >= 15 is 0 Å². The smallest absolute Gasteiger partial charge is 0.340 e. The standard InChI is InChI=1S/C25H27FN4O3/c1-2-3-16-33-25(32)20-8-4-6-10-22(20)28-24(31)19(17-27)18-29-12-14-30(15-13-29)23-11-7-5-9-21(23)26/h4-11,18H,2-3,12-16H2,1H3,(H,28,31)/b19-18-. The molecule has 1 aliphatic rings. The van der Waals surface area contributed by atoms with E-state index in [1.54, 1.807) is 42.5 Å². The Hall–Kier alpha value is -3.86. The first kappa shape index (κ1) is 23.8.